The Balaban J connectivity index is 1.54. The lowest BCUT2D eigenvalue weighted by atomic mass is 9.83. The SMILES string of the molecule is CC[C@H](C)[C@H](CC(=O)[C@H]1CCCCN1C)C(=O)N(C)[C@H](C[C@@H](OC(C)=O)c1nc(C(=O)N[C@@H](Cc2ccc(OS(=O)(=O)O)c(NC(=O)CCCN3C(=O)C=CC3=O)c2)CC(C)C(=O)O)cs1)C(C)C. The van der Waals surface area contributed by atoms with Crippen LogP contribution in [0.25, 0.3) is 0 Å². The molecule has 20 nitrogen and oxygen atoms in total. The van der Waals surface area contributed by atoms with Gasteiger partial charge in [0.05, 0.1) is 17.6 Å². The standard InChI is InChI=1S/C47H66N6O14S2/c1-9-28(4)33(24-38(55)36-13-10-11-19-51(36)7)46(60)52(8)37(27(2)3)25-40(66-30(6)54)45-50-35(26-68-45)44(59)48-32(21-29(5)47(61)62)22-31-15-16-39(67-69(63,64)65)34(23-31)49-41(56)14-12-20-53-42(57)17-18-43(53)58/h15-18,23,26-29,32-33,36-37,40H,9-14,19-22,24-25H2,1-8H3,(H,48,59)(H,49,56)(H,61,62)(H,63,64,65)/t28-,29?,32+,33-,36+,37+,40+/m0/s1. The third-order valence-electron chi connectivity index (χ3n) is 12.7. The fourth-order valence-corrected chi connectivity index (χ4v) is 9.84. The number of hydrogen-bond acceptors (Lipinski definition) is 15. The van der Waals surface area contributed by atoms with E-state index in [4.69, 9.17) is 4.74 Å². The van der Waals surface area contributed by atoms with Crippen LogP contribution in [0.15, 0.2) is 35.7 Å². The molecule has 0 aliphatic carbocycles. The monoisotopic (exact) mass is 1000 g/mol. The maximum atomic E-state index is 14.4. The number of thiazole rings is 1. The Labute approximate surface area is 407 Å². The van der Waals surface area contributed by atoms with E-state index in [1.807, 2.05) is 34.7 Å². The number of nitrogens with one attached hydrogen (secondary N) is 2. The van der Waals surface area contributed by atoms with Crippen LogP contribution in [0.2, 0.25) is 0 Å². The van der Waals surface area contributed by atoms with Crippen molar-refractivity contribution >= 4 is 74.7 Å². The lowest BCUT2D eigenvalue weighted by molar-refractivity contribution is -0.150. The molecule has 0 spiro atoms. The number of amides is 5. The minimum absolute atomic E-state index is 0.0470. The Kier molecular flexibility index (Phi) is 20.6. The molecule has 1 saturated heterocycles. The molecule has 0 bridgehead atoms. The maximum absolute atomic E-state index is 14.4. The number of Topliss-reactive ketones (excluding diaryl/α,β-unsaturated/α-hetero) is 1. The normalized spacial score (nSPS) is 17.9. The average molecular weight is 1000 g/mol. The van der Waals surface area contributed by atoms with Gasteiger partial charge in [-0.3, -0.25) is 52.7 Å². The zero-order valence-corrected chi connectivity index (χ0v) is 42.1. The van der Waals surface area contributed by atoms with Gasteiger partial charge in [-0.1, -0.05) is 53.5 Å². The van der Waals surface area contributed by atoms with Gasteiger partial charge in [0.25, 0.3) is 17.7 Å². The first-order valence-corrected chi connectivity index (χ1v) is 25.4. The van der Waals surface area contributed by atoms with Crippen molar-refractivity contribution in [3.8, 4) is 5.75 Å². The molecule has 2 aromatic rings. The highest BCUT2D eigenvalue weighted by Gasteiger charge is 2.38. The van der Waals surface area contributed by atoms with Gasteiger partial charge in [-0.25, -0.2) is 4.98 Å². The average Bonchev–Trinajstić information content (AvgIpc) is 3.90. The molecule has 1 unspecified atom stereocenters. The molecule has 4 N–H and O–H groups in total. The smallest absolute Gasteiger partial charge is 0.446 e. The third kappa shape index (κ3) is 16.5. The molecule has 1 fully saturated rings. The summed E-state index contributed by atoms with van der Waals surface area (Å²) in [4.78, 5) is 112. The van der Waals surface area contributed by atoms with Crippen LogP contribution in [-0.2, 0) is 55.1 Å². The summed E-state index contributed by atoms with van der Waals surface area (Å²) in [7, 11) is -1.42. The number of benzene rings is 1. The molecule has 5 amide bonds. The Hall–Kier alpha value is -5.58. The van der Waals surface area contributed by atoms with E-state index in [0.717, 1.165) is 60.3 Å². The molecule has 1 aromatic carbocycles. The quantitative estimate of drug-likeness (QED) is 0.0548. The number of carbonyl (C=O) groups is 8. The molecule has 4 rings (SSSR count). The summed E-state index contributed by atoms with van der Waals surface area (Å²) in [6.45, 7) is 11.3. The fraction of sp³-hybridized carbons (Fsp3) is 0.596. The van der Waals surface area contributed by atoms with Crippen molar-refractivity contribution in [2.45, 2.75) is 130 Å². The maximum Gasteiger partial charge on any atom is 0.446 e. The molecule has 380 valence electrons. The molecule has 1 aromatic heterocycles. The highest BCUT2D eigenvalue weighted by molar-refractivity contribution is 7.81. The number of imide groups is 1. The molecular formula is C47H66N6O14S2. The number of piperidine rings is 1. The molecule has 7 atom stereocenters. The lowest BCUT2D eigenvalue weighted by Gasteiger charge is -2.37. The van der Waals surface area contributed by atoms with Crippen LogP contribution in [0.5, 0.6) is 5.75 Å². The summed E-state index contributed by atoms with van der Waals surface area (Å²) in [6.07, 6.45) is 4.63. The summed E-state index contributed by atoms with van der Waals surface area (Å²) in [5.74, 6) is -6.48. The highest BCUT2D eigenvalue weighted by Crippen LogP contribution is 2.34. The Morgan fingerprint density at radius 3 is 2.30 bits per heavy atom. The van der Waals surface area contributed by atoms with Gasteiger partial charge in [0.2, 0.25) is 11.8 Å². The molecule has 0 saturated carbocycles. The van der Waals surface area contributed by atoms with Gasteiger partial charge < -0.3 is 29.6 Å². The van der Waals surface area contributed by atoms with E-state index < -0.39 is 81.7 Å². The van der Waals surface area contributed by atoms with Gasteiger partial charge in [0.1, 0.15) is 10.7 Å². The second-order valence-electron chi connectivity index (χ2n) is 18.3. The number of hydrogen-bond donors (Lipinski definition) is 4. The Bertz CT molecular complexity index is 2330. The second-order valence-corrected chi connectivity index (χ2v) is 20.2. The van der Waals surface area contributed by atoms with Crippen molar-refractivity contribution in [3.63, 3.8) is 0 Å². The number of esters is 1. The van der Waals surface area contributed by atoms with Crippen LogP contribution in [0.3, 0.4) is 0 Å². The number of likely N-dealkylation sites (tertiary alicyclic amines) is 1. The van der Waals surface area contributed by atoms with E-state index in [-0.39, 0.29) is 91.0 Å². The number of aromatic nitrogens is 1. The van der Waals surface area contributed by atoms with Crippen LogP contribution < -0.4 is 14.8 Å². The molecule has 22 heteroatoms. The summed E-state index contributed by atoms with van der Waals surface area (Å²) in [5, 5.41) is 16.9. The summed E-state index contributed by atoms with van der Waals surface area (Å²) < 4.78 is 43.3. The van der Waals surface area contributed by atoms with Gasteiger partial charge in [0, 0.05) is 75.3 Å². The Morgan fingerprint density at radius 2 is 1.71 bits per heavy atom. The zero-order chi connectivity index (χ0) is 51.3. The number of ketones is 1. The number of ether oxygens (including phenoxy) is 1. The number of anilines is 1. The first-order valence-electron chi connectivity index (χ1n) is 23.2. The predicted octanol–water partition coefficient (Wildman–Crippen LogP) is 5.00. The summed E-state index contributed by atoms with van der Waals surface area (Å²) >= 11 is 1.06. The van der Waals surface area contributed by atoms with E-state index in [2.05, 4.69) is 24.7 Å². The minimum Gasteiger partial charge on any atom is -0.481 e. The predicted molar refractivity (Wildman–Crippen MR) is 254 cm³/mol. The van der Waals surface area contributed by atoms with Crippen LogP contribution in [0, 0.1) is 23.7 Å². The second kappa shape index (κ2) is 25.3. The fourth-order valence-electron chi connectivity index (χ4n) is 8.63. The van der Waals surface area contributed by atoms with Crippen molar-refractivity contribution in [3.05, 3.63) is 52.0 Å². The molecule has 2 aliphatic heterocycles. The van der Waals surface area contributed by atoms with Gasteiger partial charge in [-0.2, -0.15) is 8.42 Å². The van der Waals surface area contributed by atoms with Gasteiger partial charge in [0.15, 0.2) is 17.6 Å². The Morgan fingerprint density at radius 1 is 1.03 bits per heavy atom. The highest BCUT2D eigenvalue weighted by atomic mass is 32.3. The van der Waals surface area contributed by atoms with E-state index in [1.165, 1.54) is 31.4 Å². The number of carbonyl (C=O) groups excluding carboxylic acids is 7. The minimum atomic E-state index is -5.06. The topological polar surface area (TPSA) is 276 Å². The third-order valence-corrected chi connectivity index (χ3v) is 14.0. The largest absolute Gasteiger partial charge is 0.481 e. The van der Waals surface area contributed by atoms with Crippen LogP contribution in [-0.4, -0.2) is 130 Å². The van der Waals surface area contributed by atoms with E-state index in [0.29, 0.717) is 12.0 Å². The van der Waals surface area contributed by atoms with Crippen molar-refractivity contribution in [2.24, 2.45) is 23.7 Å². The summed E-state index contributed by atoms with van der Waals surface area (Å²) in [6, 6.07) is 2.29. The van der Waals surface area contributed by atoms with E-state index in [9.17, 15) is 56.4 Å². The van der Waals surface area contributed by atoms with Crippen LogP contribution in [0.1, 0.15) is 126 Å². The van der Waals surface area contributed by atoms with Crippen molar-refractivity contribution in [1.29, 1.82) is 0 Å². The van der Waals surface area contributed by atoms with Gasteiger partial charge in [-0.15, -0.1) is 11.3 Å². The van der Waals surface area contributed by atoms with E-state index in [1.54, 1.807) is 11.9 Å². The van der Waals surface area contributed by atoms with Gasteiger partial charge in [-0.05, 0) is 75.2 Å². The van der Waals surface area contributed by atoms with Crippen molar-refractivity contribution < 1.29 is 65.4 Å². The van der Waals surface area contributed by atoms with Crippen LogP contribution >= 0.6 is 11.3 Å². The number of nitrogens with zero attached hydrogens (tertiary/aromatic N) is 4. The molecule has 0 radical (unpaired) electrons. The van der Waals surface area contributed by atoms with Gasteiger partial charge >= 0.3 is 22.3 Å². The van der Waals surface area contributed by atoms with Crippen molar-refractivity contribution in [2.75, 3.05) is 32.5 Å². The number of aliphatic carboxylic acids is 1. The molecule has 2 aliphatic rings. The summed E-state index contributed by atoms with van der Waals surface area (Å²) in [5.41, 5.74) is 0.126. The zero-order valence-electron chi connectivity index (χ0n) is 40.5. The number of carboxylic acids is 1. The number of likely N-dealkylation sites (N-methyl/N-ethyl adjacent to an activating group) is 1. The molecular weight excluding hydrogens is 937 g/mol. The van der Waals surface area contributed by atoms with E-state index >= 15 is 0 Å². The first kappa shape index (κ1) is 56.0. The lowest BCUT2D eigenvalue weighted by Crippen LogP contribution is -2.48. The van der Waals surface area contributed by atoms with Crippen LogP contribution in [0.4, 0.5) is 5.69 Å². The first-order chi connectivity index (χ1) is 32.4. The number of rotatable bonds is 26. The van der Waals surface area contributed by atoms with Crippen molar-refractivity contribution in [1.82, 2.24) is 25.0 Å². The number of carboxylic acid groups (broad SMARTS) is 1. The molecule has 69 heavy (non-hydrogen) atoms. The molecule has 3 heterocycles.